The van der Waals surface area contributed by atoms with Crippen LogP contribution in [0.1, 0.15) is 176 Å². The molecular weight excluding hydrogens is 1680 g/mol. The number of anilines is 1. The number of ether oxygens (including phenoxy) is 9. The largest absolute Gasteiger partial charge is 0.497 e. The van der Waals surface area contributed by atoms with E-state index in [9.17, 15) is 23.6 Å². The van der Waals surface area contributed by atoms with E-state index in [-0.39, 0.29) is 68.0 Å². The number of carbonyl (C=O) groups excluding carboxylic acids is 4. The van der Waals surface area contributed by atoms with E-state index in [2.05, 4.69) is 37.8 Å². The number of hydrogen-bond acceptors (Lipinski definition) is 21. The van der Waals surface area contributed by atoms with Gasteiger partial charge in [-0.3, -0.25) is 37.9 Å². The first-order valence-corrected chi connectivity index (χ1v) is 43.7. The van der Waals surface area contributed by atoms with E-state index in [1.807, 2.05) is 205 Å². The van der Waals surface area contributed by atoms with Crippen molar-refractivity contribution in [2.24, 2.45) is 11.8 Å². The van der Waals surface area contributed by atoms with Crippen molar-refractivity contribution in [3.8, 4) is 72.6 Å². The van der Waals surface area contributed by atoms with Gasteiger partial charge in [-0.15, -0.1) is 0 Å². The molecule has 12 rings (SSSR count). The van der Waals surface area contributed by atoms with Gasteiger partial charge in [0.2, 0.25) is 0 Å². The molecule has 0 N–H and O–H groups in total. The Bertz CT molecular complexity index is 5490. The van der Waals surface area contributed by atoms with Crippen molar-refractivity contribution >= 4 is 63.4 Å². The van der Waals surface area contributed by atoms with Crippen LogP contribution in [-0.4, -0.2) is 138 Å². The zero-order valence-electron chi connectivity index (χ0n) is 77.3. The maximum Gasteiger partial charge on any atom is 0.195 e. The molecule has 0 spiro atoms. The molecule has 127 heavy (non-hydrogen) atoms. The lowest BCUT2D eigenvalue weighted by Crippen LogP contribution is -2.32. The van der Waals surface area contributed by atoms with Crippen LogP contribution in [-0.2, 0) is 97.2 Å². The van der Waals surface area contributed by atoms with Crippen molar-refractivity contribution in [3.63, 3.8) is 0 Å². The molecule has 0 saturated heterocycles. The van der Waals surface area contributed by atoms with Crippen molar-refractivity contribution in [2.75, 3.05) is 46.9 Å². The van der Waals surface area contributed by atoms with Crippen LogP contribution < -0.4 is 28.6 Å². The molecule has 0 radical (unpaired) electrons. The van der Waals surface area contributed by atoms with Crippen molar-refractivity contribution in [1.29, 1.82) is 0 Å². The number of methoxy groups -OCH3 is 3. The van der Waals surface area contributed by atoms with E-state index in [1.165, 1.54) is 33.8 Å². The molecule has 12 aromatic rings. The van der Waals surface area contributed by atoms with E-state index in [4.69, 9.17) is 85.5 Å². The van der Waals surface area contributed by atoms with Gasteiger partial charge in [-0.25, -0.2) is 9.37 Å². The lowest BCUT2D eigenvalue weighted by molar-refractivity contribution is -0.140. The molecule has 24 nitrogen and oxygen atoms in total. The minimum atomic E-state index is -0.913. The predicted molar refractivity (Wildman–Crippen MR) is 498 cm³/mol. The fourth-order valence-electron chi connectivity index (χ4n) is 12.4. The van der Waals surface area contributed by atoms with Crippen LogP contribution in [0, 0.1) is 17.7 Å². The van der Waals surface area contributed by atoms with Gasteiger partial charge in [0.15, 0.2) is 39.8 Å². The Hall–Kier alpha value is -11.1. The summed E-state index contributed by atoms with van der Waals surface area (Å²) in [6, 6.07) is 53.5. The average molecular weight is 1800 g/mol. The second kappa shape index (κ2) is 45.1. The smallest absolute Gasteiger partial charge is 0.195 e. The van der Waals surface area contributed by atoms with E-state index in [0.717, 1.165) is 101 Å². The predicted octanol–water partition coefficient (Wildman–Crippen LogP) is 21.5. The highest BCUT2D eigenvalue weighted by Gasteiger charge is 2.31. The van der Waals surface area contributed by atoms with Crippen molar-refractivity contribution in [2.45, 2.75) is 212 Å². The molecule has 6 aromatic carbocycles. The van der Waals surface area contributed by atoms with Crippen LogP contribution in [0.25, 0.3) is 44.5 Å². The molecule has 0 saturated carbocycles. The van der Waals surface area contributed by atoms with Crippen LogP contribution in [0.4, 0.5) is 10.1 Å². The van der Waals surface area contributed by atoms with Crippen molar-refractivity contribution in [1.82, 2.24) is 44.1 Å². The molecule has 0 unspecified atom stereocenters. The number of halogens is 3. The van der Waals surface area contributed by atoms with Gasteiger partial charge in [0.25, 0.3) is 0 Å². The summed E-state index contributed by atoms with van der Waals surface area (Å²) < 4.78 is 80.0. The van der Waals surface area contributed by atoms with Crippen molar-refractivity contribution < 1.29 is 70.6 Å². The van der Waals surface area contributed by atoms with Gasteiger partial charge < -0.3 is 51.9 Å². The van der Waals surface area contributed by atoms with Gasteiger partial charge in [-0.2, -0.15) is 20.4 Å². The first kappa shape index (κ1) is 99.7. The number of Topliss-reactive ketones (excluding diaryl/α,β-unsaturated/α-hetero) is 4. The molecule has 0 aliphatic heterocycles. The molecule has 0 fully saturated rings. The molecule has 28 heteroatoms. The quantitative estimate of drug-likeness (QED) is 0.0347. The first-order chi connectivity index (χ1) is 60.1. The lowest BCUT2D eigenvalue weighted by atomic mass is 10.1. The number of oxazole rings is 1. The summed E-state index contributed by atoms with van der Waals surface area (Å²) in [4.78, 5) is 54.6. The van der Waals surface area contributed by atoms with Crippen LogP contribution in [0.3, 0.4) is 0 Å². The van der Waals surface area contributed by atoms with Crippen LogP contribution in [0.2, 0.25) is 10.0 Å². The Morgan fingerprint density at radius 2 is 0.890 bits per heavy atom. The normalized spacial score (nSPS) is 11.7. The first-order valence-electron chi connectivity index (χ1n) is 42.2. The minimum Gasteiger partial charge on any atom is -0.497 e. The van der Waals surface area contributed by atoms with Gasteiger partial charge >= 0.3 is 0 Å². The fraction of sp³-hybridized carbons (Fsp3) is 0.404. The summed E-state index contributed by atoms with van der Waals surface area (Å²) in [5.74, 6) is 4.71. The van der Waals surface area contributed by atoms with Crippen LogP contribution >= 0.6 is 34.5 Å². The number of benzene rings is 6. The summed E-state index contributed by atoms with van der Waals surface area (Å²) in [5, 5.41) is 21.2. The highest BCUT2D eigenvalue weighted by molar-refractivity contribution is 7.17. The highest BCUT2D eigenvalue weighted by atomic mass is 35.5. The maximum absolute atomic E-state index is 14.8. The molecular formula is C99H121Cl2FN10O14S. The number of ketones is 4. The number of nitrogens with zero attached hydrogens (tertiary/aromatic N) is 10. The van der Waals surface area contributed by atoms with Gasteiger partial charge in [0.05, 0.1) is 143 Å². The molecule has 0 aliphatic carbocycles. The van der Waals surface area contributed by atoms with E-state index < -0.39 is 22.4 Å². The zero-order valence-corrected chi connectivity index (χ0v) is 79.6. The molecule has 0 amide bonds. The zero-order chi connectivity index (χ0) is 92.8. The van der Waals surface area contributed by atoms with Gasteiger partial charge in [0, 0.05) is 52.9 Å². The van der Waals surface area contributed by atoms with Gasteiger partial charge in [-0.1, -0.05) is 135 Å². The third-order valence-electron chi connectivity index (χ3n) is 21.0. The lowest BCUT2D eigenvalue weighted by Gasteiger charge is -2.21. The average Bonchev–Trinajstić information content (AvgIpc) is 1.76. The number of thiophene rings is 1. The Labute approximate surface area is 759 Å². The molecule has 6 aromatic heterocycles. The van der Waals surface area contributed by atoms with E-state index in [1.54, 1.807) is 105 Å². The highest BCUT2D eigenvalue weighted by Crippen LogP contribution is 2.38. The summed E-state index contributed by atoms with van der Waals surface area (Å²) in [5.41, 5.74) is 8.73. The van der Waals surface area contributed by atoms with Crippen LogP contribution in [0.15, 0.2) is 180 Å². The second-order valence-corrected chi connectivity index (χ2v) is 35.9. The minimum absolute atomic E-state index is 0.0213. The standard InChI is InChI=1S/C28H36N2O5.C25H30FN3O3.C23H28ClN3O3.C23H27ClN2O3S/c1-19(2)17-34-23-11-8-10-21(14-23)25-15-22(18-35-28(4,5)20(3)31)29-30(25)16-24-26(32-6)12-9-13-27(24)33-7;1-17(30)25(2,3)32-16-19-14-24(18-9-7-10-20(13-18)31-6)29(27-19)15-21-22(26)11-8-12-23(21)28(4)5;1-15(2)10-22-25-12-21(30-22)20-11-18(14-29-23(4,5)16(3)28)26-27(20)13-17-8-6-7-9-19(17)24;1-15(2)29-22-11-10-21(30-22)20-12-18(14-28-23(4,5)16(3)27)25-26(20)13-17-8-6-7-9-19(17)24/h8-15,19H,16-18H2,1-7H3;7-14H,15-16H2,1-6H3;6-9,11-12,15H,10,13-14H2,1-5H3;6-12,15H,13-14H2,1-5H3. The van der Waals surface area contributed by atoms with Gasteiger partial charge in [0.1, 0.15) is 56.9 Å². The monoisotopic (exact) mass is 1790 g/mol. The third-order valence-corrected chi connectivity index (χ3v) is 22.7. The fourth-order valence-corrected chi connectivity index (χ4v) is 13.8. The summed E-state index contributed by atoms with van der Waals surface area (Å²) in [6.45, 7) is 35.8. The summed E-state index contributed by atoms with van der Waals surface area (Å²) >= 11 is 14.3. The maximum atomic E-state index is 14.8. The summed E-state index contributed by atoms with van der Waals surface area (Å²) in [6.07, 6.45) is 2.60. The Morgan fingerprint density at radius 1 is 0.472 bits per heavy atom. The number of hydrogen-bond donors (Lipinski definition) is 0. The number of aromatic nitrogens is 9. The van der Waals surface area contributed by atoms with E-state index >= 15 is 0 Å². The molecule has 0 atom stereocenters. The molecule has 0 bridgehead atoms. The number of carbonyl (C=O) groups is 4. The Kier molecular flexibility index (Phi) is 35.4. The molecule has 678 valence electrons. The van der Waals surface area contributed by atoms with Crippen LogP contribution in [0.5, 0.6) is 28.1 Å². The van der Waals surface area contributed by atoms with E-state index in [0.29, 0.717) is 82.5 Å². The second-order valence-electron chi connectivity index (χ2n) is 34.1. The Balaban J connectivity index is 0.000000192. The SMILES string of the molecule is CC(=O)C(C)(C)OCc1cc(-c2ccc(OC(C)C)s2)n(Cc2ccccc2Cl)n1.CC(=O)C(C)(C)OCc1cc(-c2cnc(CC(C)C)o2)n(Cc2ccccc2Cl)n1.COc1cccc(-c2cc(COC(C)(C)C(C)=O)nn2Cc2c(F)cccc2N(C)C)c1.COc1cccc(OC)c1Cn1nc(COC(C)(C)C(C)=O)cc1-c1cccc(OCC(C)C)c1. The number of rotatable bonds is 39. The van der Waals surface area contributed by atoms with Crippen molar-refractivity contribution in [3.05, 3.63) is 243 Å². The molecule has 0 aliphatic rings. The Morgan fingerprint density at radius 3 is 1.32 bits per heavy atom. The molecule has 6 heterocycles. The topological polar surface area (TPSA) is 252 Å². The summed E-state index contributed by atoms with van der Waals surface area (Å²) in [7, 11) is 8.66. The third kappa shape index (κ3) is 28.2. The van der Waals surface area contributed by atoms with Gasteiger partial charge in [-0.05, 0) is 217 Å².